The number of rotatable bonds is 2. The molecule has 0 radical (unpaired) electrons. The van der Waals surface area contributed by atoms with E-state index in [9.17, 15) is 4.79 Å². The van der Waals surface area contributed by atoms with Gasteiger partial charge in [0.25, 0.3) is 5.91 Å². The minimum atomic E-state index is 0.0964. The third-order valence-electron chi connectivity index (χ3n) is 4.83. The molecule has 0 aromatic carbocycles. The number of hydrogen-bond acceptors (Lipinski definition) is 4. The van der Waals surface area contributed by atoms with Crippen molar-refractivity contribution in [3.63, 3.8) is 0 Å². The number of thioether (sulfide) groups is 1. The monoisotopic (exact) mass is 333 g/mol. The largest absolute Gasteiger partial charge is 0.337 e. The molecule has 0 spiro atoms. The summed E-state index contributed by atoms with van der Waals surface area (Å²) in [6, 6.07) is 4.98. The molecule has 2 saturated heterocycles. The van der Waals surface area contributed by atoms with Crippen LogP contribution in [0.15, 0.2) is 23.4 Å². The molecule has 1 amide bonds. The van der Waals surface area contributed by atoms with E-state index in [0.717, 1.165) is 30.1 Å². The zero-order chi connectivity index (χ0) is 16.6. The van der Waals surface area contributed by atoms with E-state index in [1.165, 1.54) is 12.8 Å². The molecule has 0 aliphatic carbocycles. The lowest BCUT2D eigenvalue weighted by atomic mass is 10.1. The van der Waals surface area contributed by atoms with Crippen molar-refractivity contribution < 1.29 is 4.79 Å². The average molecular weight is 334 g/mol. The number of hydrogen-bond donors (Lipinski definition) is 0. The molecule has 0 saturated carbocycles. The minimum Gasteiger partial charge on any atom is -0.337 e. The highest BCUT2D eigenvalue weighted by Crippen LogP contribution is 2.32. The molecule has 2 bridgehead atoms. The number of pyridine rings is 1. The van der Waals surface area contributed by atoms with Gasteiger partial charge in [-0.05, 0) is 38.4 Å². The first-order chi connectivity index (χ1) is 10.8. The lowest BCUT2D eigenvalue weighted by molar-refractivity contribution is 0.0740. The van der Waals surface area contributed by atoms with Crippen LogP contribution in [0.1, 0.15) is 50.4 Å². The van der Waals surface area contributed by atoms with Crippen molar-refractivity contribution in [3.05, 3.63) is 23.9 Å². The number of carbonyl (C=O) groups excluding carboxylic acids is 1. The van der Waals surface area contributed by atoms with E-state index in [0.29, 0.717) is 12.1 Å². The standard InChI is InChI=1S/C18H27N3OS/c1-18(2,3)23-16-11-13(7-9-19-16)17(22)21-10-8-14-5-6-15(12-21)20(14)4/h7,9,11,14-15H,5-6,8,10,12H2,1-4H3/t14-,15-/m0/s1. The first-order valence-corrected chi connectivity index (χ1v) is 9.31. The Labute approximate surface area is 143 Å². The summed E-state index contributed by atoms with van der Waals surface area (Å²) in [6.07, 6.45) is 5.35. The Bertz CT molecular complexity index is 584. The van der Waals surface area contributed by atoms with Gasteiger partial charge in [0.05, 0.1) is 5.03 Å². The van der Waals surface area contributed by atoms with Gasteiger partial charge in [-0.1, -0.05) is 20.8 Å². The fourth-order valence-electron chi connectivity index (χ4n) is 3.59. The molecular formula is C18H27N3OS. The third-order valence-corrected chi connectivity index (χ3v) is 5.87. The second-order valence-electron chi connectivity index (χ2n) is 7.69. The fraction of sp³-hybridized carbons (Fsp3) is 0.667. The number of aromatic nitrogens is 1. The topological polar surface area (TPSA) is 36.4 Å². The van der Waals surface area contributed by atoms with E-state index in [4.69, 9.17) is 0 Å². The number of nitrogens with zero attached hydrogens (tertiary/aromatic N) is 3. The number of likely N-dealkylation sites (N-methyl/N-ethyl adjacent to an activating group) is 1. The van der Waals surface area contributed by atoms with Gasteiger partial charge in [0, 0.05) is 41.7 Å². The summed E-state index contributed by atoms with van der Waals surface area (Å²) in [5, 5.41) is 0.928. The highest BCUT2D eigenvalue weighted by Gasteiger charge is 2.36. The maximum absolute atomic E-state index is 12.9. The Hall–Kier alpha value is -1.07. The SMILES string of the molecule is CN1[C@H]2CC[C@H]1CN(C(=O)c1ccnc(SC(C)(C)C)c1)CC2. The van der Waals surface area contributed by atoms with Gasteiger partial charge in [0.2, 0.25) is 0 Å². The van der Waals surface area contributed by atoms with Crippen molar-refractivity contribution in [2.24, 2.45) is 0 Å². The maximum Gasteiger partial charge on any atom is 0.254 e. The number of likely N-dealkylation sites (tertiary alicyclic amines) is 1. The summed E-state index contributed by atoms with van der Waals surface area (Å²) in [5.41, 5.74) is 0.771. The lowest BCUT2D eigenvalue weighted by Gasteiger charge is -2.26. The Morgan fingerprint density at radius 1 is 1.26 bits per heavy atom. The Morgan fingerprint density at radius 3 is 2.74 bits per heavy atom. The molecule has 3 heterocycles. The molecule has 23 heavy (non-hydrogen) atoms. The summed E-state index contributed by atoms with van der Waals surface area (Å²) >= 11 is 1.71. The third kappa shape index (κ3) is 3.89. The molecule has 2 atom stereocenters. The summed E-state index contributed by atoms with van der Waals surface area (Å²) in [7, 11) is 2.21. The molecule has 2 aliphatic heterocycles. The average Bonchev–Trinajstić information content (AvgIpc) is 2.70. The number of carbonyl (C=O) groups is 1. The molecule has 1 aromatic heterocycles. The Balaban J connectivity index is 1.74. The van der Waals surface area contributed by atoms with Crippen LogP contribution in [0.4, 0.5) is 0 Å². The predicted molar refractivity (Wildman–Crippen MR) is 94.9 cm³/mol. The second-order valence-corrected chi connectivity index (χ2v) is 9.53. The van der Waals surface area contributed by atoms with Gasteiger partial charge in [-0.3, -0.25) is 9.69 Å². The molecule has 5 heteroatoms. The normalized spacial score (nSPS) is 25.5. The van der Waals surface area contributed by atoms with E-state index in [1.807, 2.05) is 17.0 Å². The van der Waals surface area contributed by atoms with Crippen LogP contribution < -0.4 is 0 Å². The second kappa shape index (κ2) is 6.44. The van der Waals surface area contributed by atoms with E-state index in [-0.39, 0.29) is 10.7 Å². The summed E-state index contributed by atoms with van der Waals surface area (Å²) in [6.45, 7) is 8.21. The first-order valence-electron chi connectivity index (χ1n) is 8.50. The Kier molecular flexibility index (Phi) is 4.70. The van der Waals surface area contributed by atoms with Crippen LogP contribution in [0.2, 0.25) is 0 Å². The van der Waals surface area contributed by atoms with Crippen LogP contribution in [0.3, 0.4) is 0 Å². The van der Waals surface area contributed by atoms with Crippen LogP contribution in [0, 0.1) is 0 Å². The minimum absolute atomic E-state index is 0.0964. The van der Waals surface area contributed by atoms with E-state index in [1.54, 1.807) is 18.0 Å². The van der Waals surface area contributed by atoms with Gasteiger partial charge in [-0.2, -0.15) is 0 Å². The van der Waals surface area contributed by atoms with Crippen molar-refractivity contribution in [1.29, 1.82) is 0 Å². The Morgan fingerprint density at radius 2 is 2.00 bits per heavy atom. The van der Waals surface area contributed by atoms with Crippen molar-refractivity contribution in [2.45, 2.75) is 61.9 Å². The summed E-state index contributed by atoms with van der Waals surface area (Å²) < 4.78 is 0.0964. The molecule has 1 aromatic rings. The van der Waals surface area contributed by atoms with Crippen molar-refractivity contribution in [3.8, 4) is 0 Å². The van der Waals surface area contributed by atoms with E-state index < -0.39 is 0 Å². The fourth-order valence-corrected chi connectivity index (χ4v) is 4.51. The number of fused-ring (bicyclic) bond motifs is 2. The quantitative estimate of drug-likeness (QED) is 0.778. The molecule has 0 unspecified atom stereocenters. The van der Waals surface area contributed by atoms with Crippen LogP contribution in [0.25, 0.3) is 0 Å². The van der Waals surface area contributed by atoms with Crippen LogP contribution >= 0.6 is 11.8 Å². The molecule has 2 fully saturated rings. The zero-order valence-corrected chi connectivity index (χ0v) is 15.4. The molecule has 126 valence electrons. The number of amides is 1. The van der Waals surface area contributed by atoms with Gasteiger partial charge in [-0.15, -0.1) is 11.8 Å². The molecule has 3 rings (SSSR count). The lowest BCUT2D eigenvalue weighted by Crippen LogP contribution is -2.39. The van der Waals surface area contributed by atoms with Gasteiger partial charge in [0.15, 0.2) is 0 Å². The van der Waals surface area contributed by atoms with E-state index >= 15 is 0 Å². The first kappa shape index (κ1) is 16.8. The summed E-state index contributed by atoms with van der Waals surface area (Å²) in [5.74, 6) is 0.157. The molecule has 4 nitrogen and oxygen atoms in total. The maximum atomic E-state index is 12.9. The van der Waals surface area contributed by atoms with Crippen LogP contribution in [-0.4, -0.2) is 57.7 Å². The van der Waals surface area contributed by atoms with Crippen molar-refractivity contribution in [2.75, 3.05) is 20.1 Å². The molecule has 2 aliphatic rings. The zero-order valence-electron chi connectivity index (χ0n) is 14.6. The van der Waals surface area contributed by atoms with E-state index in [2.05, 4.69) is 37.7 Å². The van der Waals surface area contributed by atoms with Gasteiger partial charge in [-0.25, -0.2) is 4.98 Å². The van der Waals surface area contributed by atoms with Crippen molar-refractivity contribution >= 4 is 17.7 Å². The van der Waals surface area contributed by atoms with Gasteiger partial charge >= 0.3 is 0 Å². The smallest absolute Gasteiger partial charge is 0.254 e. The highest BCUT2D eigenvalue weighted by molar-refractivity contribution is 8.00. The summed E-state index contributed by atoms with van der Waals surface area (Å²) in [4.78, 5) is 21.8. The van der Waals surface area contributed by atoms with Crippen LogP contribution in [-0.2, 0) is 0 Å². The van der Waals surface area contributed by atoms with Gasteiger partial charge in [0.1, 0.15) is 0 Å². The molecular weight excluding hydrogens is 306 g/mol. The predicted octanol–water partition coefficient (Wildman–Crippen LogP) is 3.28. The van der Waals surface area contributed by atoms with Gasteiger partial charge < -0.3 is 4.90 Å². The molecule has 0 N–H and O–H groups in total. The van der Waals surface area contributed by atoms with Crippen LogP contribution in [0.5, 0.6) is 0 Å². The van der Waals surface area contributed by atoms with Crippen molar-refractivity contribution in [1.82, 2.24) is 14.8 Å². The highest BCUT2D eigenvalue weighted by atomic mass is 32.2.